The number of amides is 3. The van der Waals surface area contributed by atoms with E-state index >= 15 is 0 Å². The Morgan fingerprint density at radius 3 is 2.81 bits per heavy atom. The summed E-state index contributed by atoms with van der Waals surface area (Å²) in [5.74, 6) is -0.275. The zero-order valence-corrected chi connectivity index (χ0v) is 11.6. The van der Waals surface area contributed by atoms with Crippen LogP contribution in [0.3, 0.4) is 0 Å². The lowest BCUT2D eigenvalue weighted by Gasteiger charge is -2.10. The van der Waals surface area contributed by atoms with Crippen LogP contribution in [0.25, 0.3) is 5.69 Å². The molecule has 0 bridgehead atoms. The average Bonchev–Trinajstić information content (AvgIpc) is 3.00. The fraction of sp³-hybridized carbons (Fsp3) is 0.250. The second kappa shape index (κ2) is 6.46. The molecule has 2 aromatic rings. The zero-order valence-electron chi connectivity index (χ0n) is 11.6. The minimum absolute atomic E-state index is 0.0892. The Bertz CT molecular complexity index is 639. The van der Waals surface area contributed by atoms with Crippen molar-refractivity contribution in [1.82, 2.24) is 30.8 Å². The summed E-state index contributed by atoms with van der Waals surface area (Å²) in [4.78, 5) is 22.7. The topological polar surface area (TPSA) is 114 Å². The number of rotatable bonds is 4. The molecule has 3 amide bonds. The lowest BCUT2D eigenvalue weighted by molar-refractivity contribution is -0.119. The van der Waals surface area contributed by atoms with Crippen molar-refractivity contribution in [1.29, 1.82) is 0 Å². The Morgan fingerprint density at radius 1 is 1.33 bits per heavy atom. The van der Waals surface area contributed by atoms with Crippen LogP contribution in [0.2, 0.25) is 0 Å². The van der Waals surface area contributed by atoms with Gasteiger partial charge in [0.1, 0.15) is 6.33 Å². The van der Waals surface area contributed by atoms with Gasteiger partial charge in [-0.2, -0.15) is 0 Å². The molecule has 1 aromatic carbocycles. The molecule has 0 unspecified atom stereocenters. The number of nitrogens with one attached hydrogen (secondary N) is 3. The molecule has 2 rings (SSSR count). The first-order valence-electron chi connectivity index (χ1n) is 6.19. The maximum Gasteiger partial charge on any atom is 0.319 e. The van der Waals surface area contributed by atoms with Gasteiger partial charge in [0.15, 0.2) is 0 Å². The maximum atomic E-state index is 11.7. The van der Waals surface area contributed by atoms with Gasteiger partial charge in [0.05, 0.1) is 12.2 Å². The number of anilines is 1. The molecule has 0 radical (unpaired) electrons. The average molecular weight is 289 g/mol. The number of likely N-dealkylation sites (N-methyl/N-ethyl adjacent to an activating group) is 1. The summed E-state index contributed by atoms with van der Waals surface area (Å²) in [5.41, 5.74) is 2.28. The molecular formula is C12H15N7O2. The van der Waals surface area contributed by atoms with Gasteiger partial charge < -0.3 is 16.0 Å². The van der Waals surface area contributed by atoms with E-state index in [0.29, 0.717) is 5.69 Å². The van der Waals surface area contributed by atoms with E-state index in [1.54, 1.807) is 12.1 Å². The van der Waals surface area contributed by atoms with Crippen molar-refractivity contribution in [3.05, 3.63) is 30.1 Å². The third-order valence-corrected chi connectivity index (χ3v) is 2.75. The molecule has 0 saturated carbocycles. The molecule has 0 spiro atoms. The van der Waals surface area contributed by atoms with Crippen LogP contribution in [0.15, 0.2) is 24.5 Å². The van der Waals surface area contributed by atoms with Gasteiger partial charge in [0.25, 0.3) is 0 Å². The molecule has 0 aliphatic carbocycles. The predicted octanol–water partition coefficient (Wildman–Crippen LogP) is -0.162. The molecule has 0 atom stereocenters. The molecule has 0 fully saturated rings. The third kappa shape index (κ3) is 3.75. The quantitative estimate of drug-likeness (QED) is 0.723. The third-order valence-electron chi connectivity index (χ3n) is 2.75. The molecule has 3 N–H and O–H groups in total. The van der Waals surface area contributed by atoms with E-state index < -0.39 is 6.03 Å². The van der Waals surface area contributed by atoms with Gasteiger partial charge in [0, 0.05) is 12.7 Å². The van der Waals surface area contributed by atoms with Crippen LogP contribution in [-0.4, -0.2) is 45.7 Å². The van der Waals surface area contributed by atoms with Gasteiger partial charge in [0.2, 0.25) is 5.91 Å². The van der Waals surface area contributed by atoms with Crippen LogP contribution < -0.4 is 16.0 Å². The maximum absolute atomic E-state index is 11.7. The largest absolute Gasteiger partial charge is 0.358 e. The number of benzene rings is 1. The number of urea groups is 1. The highest BCUT2D eigenvalue weighted by Crippen LogP contribution is 2.18. The van der Waals surface area contributed by atoms with Crippen molar-refractivity contribution >= 4 is 17.6 Å². The van der Waals surface area contributed by atoms with E-state index in [-0.39, 0.29) is 12.5 Å². The number of carbonyl (C=O) groups excluding carboxylic acids is 2. The van der Waals surface area contributed by atoms with Crippen molar-refractivity contribution in [2.24, 2.45) is 0 Å². The Kier molecular flexibility index (Phi) is 4.44. The van der Waals surface area contributed by atoms with E-state index in [2.05, 4.69) is 31.5 Å². The van der Waals surface area contributed by atoms with Gasteiger partial charge in [-0.15, -0.1) is 5.10 Å². The van der Waals surface area contributed by atoms with Crippen LogP contribution in [0.1, 0.15) is 5.56 Å². The van der Waals surface area contributed by atoms with Gasteiger partial charge in [-0.3, -0.25) is 4.79 Å². The van der Waals surface area contributed by atoms with Gasteiger partial charge in [-0.1, -0.05) is 6.07 Å². The Morgan fingerprint density at radius 2 is 2.14 bits per heavy atom. The molecule has 1 heterocycles. The second-order valence-electron chi connectivity index (χ2n) is 4.24. The van der Waals surface area contributed by atoms with Crippen LogP contribution in [0.5, 0.6) is 0 Å². The molecule has 21 heavy (non-hydrogen) atoms. The second-order valence-corrected chi connectivity index (χ2v) is 4.24. The van der Waals surface area contributed by atoms with Gasteiger partial charge in [-0.25, -0.2) is 9.48 Å². The van der Waals surface area contributed by atoms with E-state index in [1.807, 2.05) is 13.0 Å². The summed E-state index contributed by atoms with van der Waals surface area (Å²) in [6.07, 6.45) is 1.47. The van der Waals surface area contributed by atoms with E-state index in [1.165, 1.54) is 18.1 Å². The van der Waals surface area contributed by atoms with Crippen molar-refractivity contribution in [2.45, 2.75) is 6.92 Å². The number of hydrogen-bond donors (Lipinski definition) is 3. The molecule has 1 aromatic heterocycles. The number of carbonyl (C=O) groups is 2. The van der Waals surface area contributed by atoms with Gasteiger partial charge >= 0.3 is 6.03 Å². The standard InChI is InChI=1S/C12H15N7O2/c1-8-3-4-9(5-10(8)19-7-15-17-18-19)16-12(21)14-6-11(20)13-2/h3-5,7H,6H2,1-2H3,(H,13,20)(H2,14,16,21). The monoisotopic (exact) mass is 289 g/mol. The first kappa shape index (κ1) is 14.4. The fourth-order valence-electron chi connectivity index (χ4n) is 1.63. The number of nitrogens with zero attached hydrogens (tertiary/aromatic N) is 4. The summed E-state index contributed by atoms with van der Waals surface area (Å²) in [5, 5.41) is 18.5. The minimum atomic E-state index is -0.467. The lowest BCUT2D eigenvalue weighted by Crippen LogP contribution is -2.37. The summed E-state index contributed by atoms with van der Waals surface area (Å²) < 4.78 is 1.50. The number of aromatic nitrogens is 4. The molecule has 0 aliphatic rings. The molecule has 9 nitrogen and oxygen atoms in total. The van der Waals surface area contributed by atoms with Crippen LogP contribution >= 0.6 is 0 Å². The number of tetrazole rings is 1. The van der Waals surface area contributed by atoms with Crippen molar-refractivity contribution in [2.75, 3.05) is 18.9 Å². The predicted molar refractivity (Wildman–Crippen MR) is 75.0 cm³/mol. The SMILES string of the molecule is CNC(=O)CNC(=O)Nc1ccc(C)c(-n2cnnn2)c1. The fourth-order valence-corrected chi connectivity index (χ4v) is 1.63. The van der Waals surface area contributed by atoms with Gasteiger partial charge in [-0.05, 0) is 35.0 Å². The highest BCUT2D eigenvalue weighted by molar-refractivity contribution is 5.92. The highest BCUT2D eigenvalue weighted by atomic mass is 16.2. The van der Waals surface area contributed by atoms with Crippen LogP contribution in [0, 0.1) is 6.92 Å². The van der Waals surface area contributed by atoms with Crippen LogP contribution in [0.4, 0.5) is 10.5 Å². The highest BCUT2D eigenvalue weighted by Gasteiger charge is 2.07. The summed E-state index contributed by atoms with van der Waals surface area (Å²) >= 11 is 0. The normalized spacial score (nSPS) is 10.0. The number of hydrogen-bond acceptors (Lipinski definition) is 5. The zero-order chi connectivity index (χ0) is 15.2. The first-order valence-corrected chi connectivity index (χ1v) is 6.19. The Balaban J connectivity index is 2.06. The summed E-state index contributed by atoms with van der Waals surface area (Å²) in [6.45, 7) is 1.82. The Hall–Kier alpha value is -2.97. The number of aryl methyl sites for hydroxylation is 1. The summed E-state index contributed by atoms with van der Waals surface area (Å²) in [6, 6.07) is 4.87. The Labute approximate surface area is 120 Å². The van der Waals surface area contributed by atoms with Crippen LogP contribution in [-0.2, 0) is 4.79 Å². The molecular weight excluding hydrogens is 274 g/mol. The van der Waals surface area contributed by atoms with Crippen molar-refractivity contribution in [3.63, 3.8) is 0 Å². The van der Waals surface area contributed by atoms with E-state index in [0.717, 1.165) is 11.3 Å². The minimum Gasteiger partial charge on any atom is -0.358 e. The molecule has 9 heteroatoms. The smallest absolute Gasteiger partial charge is 0.319 e. The van der Waals surface area contributed by atoms with Crippen molar-refractivity contribution < 1.29 is 9.59 Å². The molecule has 0 aliphatic heterocycles. The summed E-state index contributed by atoms with van der Waals surface area (Å²) in [7, 11) is 1.50. The first-order chi connectivity index (χ1) is 10.1. The van der Waals surface area contributed by atoms with E-state index in [9.17, 15) is 9.59 Å². The lowest BCUT2D eigenvalue weighted by atomic mass is 10.2. The van der Waals surface area contributed by atoms with Crippen molar-refractivity contribution in [3.8, 4) is 5.69 Å². The molecule has 110 valence electrons. The van der Waals surface area contributed by atoms with E-state index in [4.69, 9.17) is 0 Å². The molecule has 0 saturated heterocycles.